The van der Waals surface area contributed by atoms with Crippen LogP contribution in [0.5, 0.6) is 17.2 Å². The average Bonchev–Trinajstić information content (AvgIpc) is 2.91. The highest BCUT2D eigenvalue weighted by Crippen LogP contribution is 2.28. The molecule has 0 aromatic heterocycles. The summed E-state index contributed by atoms with van der Waals surface area (Å²) in [7, 11) is 0. The maximum Gasteiger partial charge on any atom is 0.337 e. The van der Waals surface area contributed by atoms with Gasteiger partial charge in [0, 0.05) is 16.8 Å². The Morgan fingerprint density at radius 1 is 0.684 bits per heavy atom. The highest BCUT2D eigenvalue weighted by Gasteiger charge is 2.15. The van der Waals surface area contributed by atoms with Gasteiger partial charge in [-0.2, -0.15) is 0 Å². The van der Waals surface area contributed by atoms with Gasteiger partial charge in [-0.1, -0.05) is 18.2 Å². The lowest BCUT2D eigenvalue weighted by Crippen LogP contribution is -2.14. The van der Waals surface area contributed by atoms with Crippen molar-refractivity contribution in [3.05, 3.63) is 114 Å². The quantitative estimate of drug-likeness (QED) is 0.238. The van der Waals surface area contributed by atoms with Crippen LogP contribution in [0.3, 0.4) is 0 Å². The zero-order chi connectivity index (χ0) is 27.1. The van der Waals surface area contributed by atoms with Crippen LogP contribution in [0.15, 0.2) is 97.1 Å². The first-order chi connectivity index (χ1) is 18.3. The van der Waals surface area contributed by atoms with Crippen molar-refractivity contribution in [2.24, 2.45) is 0 Å². The molecule has 38 heavy (non-hydrogen) atoms. The fourth-order valence-electron chi connectivity index (χ4n) is 3.56. The first kappa shape index (κ1) is 26.0. The summed E-state index contributed by atoms with van der Waals surface area (Å²) in [6.07, 6.45) is 0.0459. The van der Waals surface area contributed by atoms with Crippen molar-refractivity contribution in [1.82, 2.24) is 0 Å². The summed E-state index contributed by atoms with van der Waals surface area (Å²) in [6.45, 7) is 3.86. The molecule has 4 aromatic rings. The third-order valence-electron chi connectivity index (χ3n) is 5.34. The molecule has 4 aromatic carbocycles. The summed E-state index contributed by atoms with van der Waals surface area (Å²) in [5, 5.41) is 15.1. The predicted octanol–water partition coefficient (Wildman–Crippen LogP) is 6.47. The molecule has 0 atom stereocenters. The van der Waals surface area contributed by atoms with Gasteiger partial charge in [-0.15, -0.1) is 0 Å². The van der Waals surface area contributed by atoms with Crippen molar-refractivity contribution in [2.45, 2.75) is 20.0 Å². The fraction of sp³-hybridized carbons (Fsp3) is 0.100. The number of hydrogen-bond donors (Lipinski definition) is 3. The van der Waals surface area contributed by atoms with E-state index in [-0.39, 0.29) is 29.0 Å². The van der Waals surface area contributed by atoms with E-state index in [4.69, 9.17) is 9.47 Å². The molecule has 0 spiro atoms. The molecule has 3 N–H and O–H groups in total. The van der Waals surface area contributed by atoms with Gasteiger partial charge in [-0.05, 0) is 92.7 Å². The second kappa shape index (κ2) is 11.7. The number of carbonyl (C=O) groups is 3. The molecule has 0 saturated carbocycles. The molecule has 8 nitrogen and oxygen atoms in total. The number of anilines is 2. The Labute approximate surface area is 219 Å². The molecule has 0 aliphatic rings. The fourth-order valence-corrected chi connectivity index (χ4v) is 3.56. The summed E-state index contributed by atoms with van der Waals surface area (Å²) < 4.78 is 11.4. The zero-order valence-corrected chi connectivity index (χ0v) is 20.8. The van der Waals surface area contributed by atoms with Gasteiger partial charge in [0.05, 0.1) is 17.4 Å². The van der Waals surface area contributed by atoms with Crippen molar-refractivity contribution in [3.8, 4) is 17.2 Å². The lowest BCUT2D eigenvalue weighted by atomic mass is 10.1. The van der Waals surface area contributed by atoms with Crippen molar-refractivity contribution < 1.29 is 29.0 Å². The third-order valence-corrected chi connectivity index (χ3v) is 5.34. The van der Waals surface area contributed by atoms with Gasteiger partial charge < -0.3 is 25.2 Å². The number of carboxylic acid groups (broad SMARTS) is 1. The Hall–Kier alpha value is -5.11. The minimum absolute atomic E-state index is 0.0459. The third kappa shape index (κ3) is 6.76. The van der Waals surface area contributed by atoms with E-state index < -0.39 is 11.9 Å². The number of benzene rings is 4. The molecule has 0 fully saturated rings. The average molecular weight is 511 g/mol. The molecule has 0 saturated heterocycles. The van der Waals surface area contributed by atoms with E-state index in [2.05, 4.69) is 10.6 Å². The minimum atomic E-state index is -1.21. The highest BCUT2D eigenvalue weighted by atomic mass is 16.5. The number of carbonyl (C=O) groups excluding carboxylic acids is 2. The van der Waals surface area contributed by atoms with Gasteiger partial charge in [0.15, 0.2) is 0 Å². The molecule has 0 aliphatic heterocycles. The molecule has 0 unspecified atom stereocenters. The van der Waals surface area contributed by atoms with Crippen molar-refractivity contribution >= 4 is 29.2 Å². The van der Waals surface area contributed by atoms with Crippen LogP contribution in [0.1, 0.15) is 44.9 Å². The number of rotatable bonds is 9. The highest BCUT2D eigenvalue weighted by molar-refractivity contribution is 6.08. The Bertz CT molecular complexity index is 1430. The number of amides is 2. The van der Waals surface area contributed by atoms with Gasteiger partial charge in [0.1, 0.15) is 17.2 Å². The maximum atomic E-state index is 12.6. The van der Waals surface area contributed by atoms with E-state index in [1.54, 1.807) is 84.9 Å². The van der Waals surface area contributed by atoms with Crippen molar-refractivity contribution in [3.63, 3.8) is 0 Å². The monoisotopic (exact) mass is 510 g/mol. The number of hydrogen-bond acceptors (Lipinski definition) is 5. The molecule has 0 heterocycles. The van der Waals surface area contributed by atoms with Gasteiger partial charge in [-0.3, -0.25) is 9.59 Å². The van der Waals surface area contributed by atoms with Crippen LogP contribution in [-0.2, 0) is 0 Å². The molecular formula is C30H26N2O6. The molecule has 8 heteroatoms. The van der Waals surface area contributed by atoms with E-state index in [0.29, 0.717) is 28.3 Å². The van der Waals surface area contributed by atoms with Gasteiger partial charge in [-0.25, -0.2) is 4.79 Å². The van der Waals surface area contributed by atoms with E-state index >= 15 is 0 Å². The number of aromatic carboxylic acids is 1. The smallest absolute Gasteiger partial charge is 0.337 e. The van der Waals surface area contributed by atoms with Crippen LogP contribution in [0, 0.1) is 0 Å². The molecule has 4 rings (SSSR count). The van der Waals surface area contributed by atoms with E-state index in [0.717, 1.165) is 0 Å². The minimum Gasteiger partial charge on any atom is -0.491 e. The van der Waals surface area contributed by atoms with Gasteiger partial charge >= 0.3 is 5.97 Å². The van der Waals surface area contributed by atoms with Gasteiger partial charge in [0.25, 0.3) is 11.8 Å². The summed E-state index contributed by atoms with van der Waals surface area (Å²) in [4.78, 5) is 36.8. The normalized spacial score (nSPS) is 10.5. The molecule has 0 aliphatic carbocycles. The zero-order valence-electron chi connectivity index (χ0n) is 20.8. The Balaban J connectivity index is 1.40. The second-order valence-corrected chi connectivity index (χ2v) is 8.60. The van der Waals surface area contributed by atoms with Gasteiger partial charge in [0.2, 0.25) is 0 Å². The number of ether oxygens (including phenoxy) is 2. The van der Waals surface area contributed by atoms with Crippen LogP contribution in [0.4, 0.5) is 11.4 Å². The van der Waals surface area contributed by atoms with Crippen LogP contribution >= 0.6 is 0 Å². The largest absolute Gasteiger partial charge is 0.491 e. The van der Waals surface area contributed by atoms with Crippen molar-refractivity contribution in [1.29, 1.82) is 0 Å². The van der Waals surface area contributed by atoms with Crippen molar-refractivity contribution in [2.75, 3.05) is 10.6 Å². The van der Waals surface area contributed by atoms with Crippen LogP contribution in [-0.4, -0.2) is 29.0 Å². The Kier molecular flexibility index (Phi) is 8.03. The van der Waals surface area contributed by atoms with Crippen LogP contribution in [0.2, 0.25) is 0 Å². The summed E-state index contributed by atoms with van der Waals surface area (Å²) in [6, 6.07) is 26.4. The first-order valence-electron chi connectivity index (χ1n) is 11.9. The number of nitrogens with one attached hydrogen (secondary N) is 2. The molecule has 192 valence electrons. The Morgan fingerprint density at radius 2 is 1.26 bits per heavy atom. The molecule has 2 amide bonds. The Morgan fingerprint density at radius 3 is 1.89 bits per heavy atom. The lowest BCUT2D eigenvalue weighted by Gasteiger charge is -2.12. The number of carboxylic acids is 1. The second-order valence-electron chi connectivity index (χ2n) is 8.60. The topological polar surface area (TPSA) is 114 Å². The predicted molar refractivity (Wildman–Crippen MR) is 144 cm³/mol. The summed E-state index contributed by atoms with van der Waals surface area (Å²) in [5.74, 6) is -0.485. The maximum absolute atomic E-state index is 12.6. The molecule has 0 radical (unpaired) electrons. The lowest BCUT2D eigenvalue weighted by molar-refractivity contribution is 0.0697. The standard InChI is InChI=1S/C30H26N2O6/c1-19(2)37-23-12-8-21(9-13-23)28(33)31-22-10-14-24(15-11-22)38-25-16-17-27(26(18-25)30(35)36)32-29(34)20-6-4-3-5-7-20/h3-19H,1-2H3,(H,31,33)(H,32,34)(H,35,36). The first-order valence-corrected chi connectivity index (χ1v) is 11.9. The van der Waals surface area contributed by atoms with E-state index in [1.807, 2.05) is 13.8 Å². The van der Waals surface area contributed by atoms with Crippen LogP contribution in [0.25, 0.3) is 0 Å². The molecular weight excluding hydrogens is 484 g/mol. The van der Waals surface area contributed by atoms with E-state index in [9.17, 15) is 19.5 Å². The van der Waals surface area contributed by atoms with Crippen LogP contribution < -0.4 is 20.1 Å². The summed E-state index contributed by atoms with van der Waals surface area (Å²) >= 11 is 0. The summed E-state index contributed by atoms with van der Waals surface area (Å²) in [5.41, 5.74) is 1.51. The molecule has 0 bridgehead atoms. The van der Waals surface area contributed by atoms with E-state index in [1.165, 1.54) is 12.1 Å². The SMILES string of the molecule is CC(C)Oc1ccc(C(=O)Nc2ccc(Oc3ccc(NC(=O)c4ccccc4)c(C(=O)O)c3)cc2)cc1.